The fraction of sp³-hybridized carbons (Fsp3) is 0.250. The molecular formula is C28H28ClN3S. The van der Waals surface area contributed by atoms with Gasteiger partial charge in [-0.15, -0.1) is 0 Å². The van der Waals surface area contributed by atoms with E-state index >= 15 is 0 Å². The van der Waals surface area contributed by atoms with Gasteiger partial charge in [-0.1, -0.05) is 67.4 Å². The molecule has 0 saturated carbocycles. The molecule has 0 radical (unpaired) electrons. The summed E-state index contributed by atoms with van der Waals surface area (Å²) in [4.78, 5) is 6.00. The number of halogens is 1. The van der Waals surface area contributed by atoms with Gasteiger partial charge in [0.1, 0.15) is 0 Å². The first kappa shape index (κ1) is 22.0. The third-order valence-electron chi connectivity index (χ3n) is 6.57. The van der Waals surface area contributed by atoms with Crippen LogP contribution < -0.4 is 5.32 Å². The maximum absolute atomic E-state index is 6.34. The van der Waals surface area contributed by atoms with Gasteiger partial charge < -0.3 is 15.2 Å². The number of hydrogen-bond donors (Lipinski definition) is 2. The Morgan fingerprint density at radius 2 is 1.79 bits per heavy atom. The summed E-state index contributed by atoms with van der Waals surface area (Å²) in [6.45, 7) is 7.37. The summed E-state index contributed by atoms with van der Waals surface area (Å²) in [5.74, 6) is 0.497. The summed E-state index contributed by atoms with van der Waals surface area (Å²) in [7, 11) is 0. The Morgan fingerprint density at radius 3 is 2.48 bits per heavy atom. The van der Waals surface area contributed by atoms with E-state index in [4.69, 9.17) is 23.8 Å². The molecule has 0 saturated heterocycles. The number of thiocarbonyl (C=S) groups is 1. The van der Waals surface area contributed by atoms with Gasteiger partial charge in [-0.05, 0) is 78.5 Å². The van der Waals surface area contributed by atoms with Crippen molar-refractivity contribution in [1.29, 1.82) is 0 Å². The largest absolute Gasteiger partial charge is 0.356 e. The van der Waals surface area contributed by atoms with Gasteiger partial charge in [-0.2, -0.15) is 0 Å². The first-order valence-corrected chi connectivity index (χ1v) is 12.2. The van der Waals surface area contributed by atoms with Crippen molar-refractivity contribution in [2.75, 3.05) is 11.9 Å². The van der Waals surface area contributed by atoms with E-state index in [0.29, 0.717) is 5.92 Å². The van der Waals surface area contributed by atoms with E-state index in [0.717, 1.165) is 34.3 Å². The standard InChI is InChI=1S/C28H28ClN3S/c1-17(2)19-6-8-20(9-7-19)27-26-23(24-16-21(29)10-13-25(24)31-26)14-15-32(27)28(33)30-22-11-4-18(3)5-12-22/h4-13,16-17,27,31H,14-15H2,1-3H3,(H,30,33). The minimum Gasteiger partial charge on any atom is -0.356 e. The van der Waals surface area contributed by atoms with Crippen LogP contribution in [0.15, 0.2) is 66.7 Å². The minimum atomic E-state index is 0.00610. The molecule has 5 heteroatoms. The number of fused-ring (bicyclic) bond motifs is 3. The number of hydrogen-bond acceptors (Lipinski definition) is 1. The Hall–Kier alpha value is -2.82. The molecule has 168 valence electrons. The Labute approximate surface area is 205 Å². The molecule has 2 N–H and O–H groups in total. The molecule has 1 aromatic heterocycles. The summed E-state index contributed by atoms with van der Waals surface area (Å²) >= 11 is 12.3. The fourth-order valence-electron chi connectivity index (χ4n) is 4.72. The lowest BCUT2D eigenvalue weighted by Crippen LogP contribution is -2.42. The molecule has 0 spiro atoms. The van der Waals surface area contributed by atoms with E-state index < -0.39 is 0 Å². The second-order valence-electron chi connectivity index (χ2n) is 9.17. The zero-order valence-electron chi connectivity index (χ0n) is 19.2. The average molecular weight is 474 g/mol. The molecule has 3 nitrogen and oxygen atoms in total. The van der Waals surface area contributed by atoms with Gasteiger partial charge in [-0.3, -0.25) is 0 Å². The summed E-state index contributed by atoms with van der Waals surface area (Å²) in [5, 5.41) is 6.17. The monoisotopic (exact) mass is 473 g/mol. The Bertz CT molecular complexity index is 1310. The average Bonchev–Trinajstić information content (AvgIpc) is 3.17. The smallest absolute Gasteiger partial charge is 0.174 e. The van der Waals surface area contributed by atoms with E-state index in [9.17, 15) is 0 Å². The molecular weight excluding hydrogens is 446 g/mol. The van der Waals surface area contributed by atoms with Gasteiger partial charge in [0.2, 0.25) is 0 Å². The Balaban J connectivity index is 1.57. The summed E-state index contributed by atoms with van der Waals surface area (Å²) < 4.78 is 0. The lowest BCUT2D eigenvalue weighted by Gasteiger charge is -2.38. The first-order chi connectivity index (χ1) is 15.9. The van der Waals surface area contributed by atoms with Gasteiger partial charge >= 0.3 is 0 Å². The van der Waals surface area contributed by atoms with Crippen molar-refractivity contribution in [3.8, 4) is 0 Å². The van der Waals surface area contributed by atoms with E-state index in [1.807, 2.05) is 6.07 Å². The highest BCUT2D eigenvalue weighted by Crippen LogP contribution is 2.39. The zero-order chi connectivity index (χ0) is 23.1. The van der Waals surface area contributed by atoms with Crippen LogP contribution in [-0.4, -0.2) is 21.5 Å². The zero-order valence-corrected chi connectivity index (χ0v) is 20.7. The number of nitrogens with one attached hydrogen (secondary N) is 2. The third-order valence-corrected chi connectivity index (χ3v) is 7.14. The minimum absolute atomic E-state index is 0.00610. The molecule has 1 aliphatic heterocycles. The van der Waals surface area contributed by atoms with E-state index in [1.54, 1.807) is 0 Å². The highest BCUT2D eigenvalue weighted by atomic mass is 35.5. The molecule has 0 amide bonds. The van der Waals surface area contributed by atoms with Crippen molar-refractivity contribution < 1.29 is 0 Å². The molecule has 0 bridgehead atoms. The van der Waals surface area contributed by atoms with Gasteiger partial charge in [-0.25, -0.2) is 0 Å². The number of anilines is 1. The number of H-pyrrole nitrogens is 1. The topological polar surface area (TPSA) is 31.1 Å². The van der Waals surface area contributed by atoms with Gasteiger partial charge in [0, 0.05) is 33.9 Å². The molecule has 5 rings (SSSR count). The maximum atomic E-state index is 6.34. The Morgan fingerprint density at radius 1 is 1.06 bits per heavy atom. The fourth-order valence-corrected chi connectivity index (χ4v) is 5.21. The number of aryl methyl sites for hydroxylation is 1. The quantitative estimate of drug-likeness (QED) is 0.300. The second kappa shape index (κ2) is 8.85. The highest BCUT2D eigenvalue weighted by Gasteiger charge is 2.33. The normalized spacial score (nSPS) is 15.7. The maximum Gasteiger partial charge on any atom is 0.174 e. The van der Waals surface area contributed by atoms with Crippen molar-refractivity contribution >= 4 is 45.5 Å². The van der Waals surface area contributed by atoms with Crippen LogP contribution in [0.4, 0.5) is 5.69 Å². The molecule has 4 aromatic rings. The summed E-state index contributed by atoms with van der Waals surface area (Å²) in [6.07, 6.45) is 0.909. The number of aromatic amines is 1. The molecule has 1 atom stereocenters. The van der Waals surface area contributed by atoms with Gasteiger partial charge in [0.15, 0.2) is 5.11 Å². The predicted octanol–water partition coefficient (Wildman–Crippen LogP) is 7.60. The number of rotatable bonds is 3. The van der Waals surface area contributed by atoms with Crippen LogP contribution in [0, 0.1) is 6.92 Å². The van der Waals surface area contributed by atoms with Crippen molar-refractivity contribution in [2.24, 2.45) is 0 Å². The van der Waals surface area contributed by atoms with Gasteiger partial charge in [0.05, 0.1) is 6.04 Å². The first-order valence-electron chi connectivity index (χ1n) is 11.4. The lowest BCUT2D eigenvalue weighted by molar-refractivity contribution is 0.339. The van der Waals surface area contributed by atoms with Crippen LogP contribution in [0.25, 0.3) is 10.9 Å². The van der Waals surface area contributed by atoms with Crippen LogP contribution in [0.5, 0.6) is 0 Å². The molecule has 1 aliphatic rings. The van der Waals surface area contributed by atoms with Gasteiger partial charge in [0.25, 0.3) is 0 Å². The second-order valence-corrected chi connectivity index (χ2v) is 9.99. The number of nitrogens with zero attached hydrogens (tertiary/aromatic N) is 1. The van der Waals surface area contributed by atoms with Crippen molar-refractivity contribution in [3.63, 3.8) is 0 Å². The van der Waals surface area contributed by atoms with Crippen LogP contribution in [0.3, 0.4) is 0 Å². The van der Waals surface area contributed by atoms with Crippen molar-refractivity contribution in [3.05, 3.63) is 99.7 Å². The molecule has 0 aliphatic carbocycles. The van der Waals surface area contributed by atoms with Crippen LogP contribution in [0.1, 0.15) is 53.8 Å². The molecule has 33 heavy (non-hydrogen) atoms. The summed E-state index contributed by atoms with van der Waals surface area (Å²) in [5.41, 5.74) is 8.45. The highest BCUT2D eigenvalue weighted by molar-refractivity contribution is 7.80. The number of benzene rings is 3. The molecule has 1 unspecified atom stereocenters. The third kappa shape index (κ3) is 4.25. The summed E-state index contributed by atoms with van der Waals surface area (Å²) in [6, 6.07) is 23.4. The van der Waals surface area contributed by atoms with E-state index in [2.05, 4.69) is 96.6 Å². The predicted molar refractivity (Wildman–Crippen MR) is 143 cm³/mol. The van der Waals surface area contributed by atoms with E-state index in [1.165, 1.54) is 33.3 Å². The SMILES string of the molecule is Cc1ccc(NC(=S)N2CCc3c([nH]c4ccc(Cl)cc34)C2c2ccc(C(C)C)cc2)cc1. The van der Waals surface area contributed by atoms with Crippen LogP contribution in [0.2, 0.25) is 5.02 Å². The molecule has 0 fully saturated rings. The molecule has 2 heterocycles. The van der Waals surface area contributed by atoms with E-state index in [-0.39, 0.29) is 6.04 Å². The molecule has 3 aromatic carbocycles. The Kier molecular flexibility index (Phi) is 5.90. The van der Waals surface area contributed by atoms with Crippen LogP contribution in [-0.2, 0) is 6.42 Å². The number of aromatic nitrogens is 1. The van der Waals surface area contributed by atoms with Crippen LogP contribution >= 0.6 is 23.8 Å². The lowest BCUT2D eigenvalue weighted by atomic mass is 9.91. The van der Waals surface area contributed by atoms with Crippen molar-refractivity contribution in [2.45, 2.75) is 39.2 Å². The van der Waals surface area contributed by atoms with Crippen molar-refractivity contribution in [1.82, 2.24) is 9.88 Å².